The summed E-state index contributed by atoms with van der Waals surface area (Å²) in [4.78, 5) is 0. The highest BCUT2D eigenvalue weighted by Crippen LogP contribution is 2.12. The summed E-state index contributed by atoms with van der Waals surface area (Å²) >= 11 is 5.20. The average molecular weight is 318 g/mol. The highest BCUT2D eigenvalue weighted by atomic mass is 32.1. The molecule has 0 aliphatic heterocycles. The number of benzene rings is 2. The number of anilines is 1. The SMILES string of the molecule is Cc1ccc(OCC(C)NC(=S)Nc2cccc(F)c2)cc1. The third-order valence-corrected chi connectivity index (χ3v) is 3.20. The van der Waals surface area contributed by atoms with Gasteiger partial charge < -0.3 is 15.4 Å². The van der Waals surface area contributed by atoms with Gasteiger partial charge in [-0.1, -0.05) is 23.8 Å². The predicted molar refractivity (Wildman–Crippen MR) is 91.9 cm³/mol. The van der Waals surface area contributed by atoms with Crippen molar-refractivity contribution >= 4 is 23.0 Å². The van der Waals surface area contributed by atoms with Crippen LogP contribution < -0.4 is 15.4 Å². The third-order valence-electron chi connectivity index (χ3n) is 2.98. The molecule has 0 saturated carbocycles. The Labute approximate surface area is 135 Å². The lowest BCUT2D eigenvalue weighted by Crippen LogP contribution is -2.39. The lowest BCUT2D eigenvalue weighted by molar-refractivity contribution is 0.287. The van der Waals surface area contributed by atoms with Gasteiger partial charge in [-0.2, -0.15) is 0 Å². The van der Waals surface area contributed by atoms with Crippen LogP contribution in [0, 0.1) is 12.7 Å². The Morgan fingerprint density at radius 3 is 2.64 bits per heavy atom. The molecule has 2 N–H and O–H groups in total. The van der Waals surface area contributed by atoms with Gasteiger partial charge in [0.25, 0.3) is 0 Å². The summed E-state index contributed by atoms with van der Waals surface area (Å²) in [5.74, 6) is 0.520. The van der Waals surface area contributed by atoms with Crippen molar-refractivity contribution in [3.8, 4) is 5.75 Å². The van der Waals surface area contributed by atoms with E-state index in [0.717, 1.165) is 5.75 Å². The molecule has 2 aromatic rings. The molecule has 22 heavy (non-hydrogen) atoms. The second-order valence-electron chi connectivity index (χ2n) is 5.13. The Kier molecular flexibility index (Phi) is 5.72. The lowest BCUT2D eigenvalue weighted by atomic mass is 10.2. The molecular formula is C17H19FN2OS. The molecule has 1 atom stereocenters. The summed E-state index contributed by atoms with van der Waals surface area (Å²) in [6, 6.07) is 14.1. The molecule has 0 aliphatic carbocycles. The molecule has 0 bridgehead atoms. The number of ether oxygens (including phenoxy) is 1. The summed E-state index contributed by atoms with van der Waals surface area (Å²) in [6.45, 7) is 4.48. The van der Waals surface area contributed by atoms with Crippen molar-refractivity contribution in [2.75, 3.05) is 11.9 Å². The van der Waals surface area contributed by atoms with Gasteiger partial charge in [0.1, 0.15) is 18.2 Å². The third kappa shape index (κ3) is 5.33. The summed E-state index contributed by atoms with van der Waals surface area (Å²) in [6.07, 6.45) is 0. The number of hydrogen-bond acceptors (Lipinski definition) is 2. The molecule has 2 rings (SSSR count). The monoisotopic (exact) mass is 318 g/mol. The molecule has 1 unspecified atom stereocenters. The molecule has 3 nitrogen and oxygen atoms in total. The van der Waals surface area contributed by atoms with Gasteiger partial charge in [-0.3, -0.25) is 0 Å². The van der Waals surface area contributed by atoms with E-state index in [-0.39, 0.29) is 11.9 Å². The first-order valence-corrected chi connectivity index (χ1v) is 7.46. The number of thiocarbonyl (C=S) groups is 1. The van der Waals surface area contributed by atoms with Crippen LogP contribution in [0.2, 0.25) is 0 Å². The first-order chi connectivity index (χ1) is 10.5. The largest absolute Gasteiger partial charge is 0.491 e. The van der Waals surface area contributed by atoms with Gasteiger partial charge in [0, 0.05) is 5.69 Å². The molecule has 0 radical (unpaired) electrons. The van der Waals surface area contributed by atoms with Crippen LogP contribution in [0.3, 0.4) is 0 Å². The maximum absolute atomic E-state index is 13.1. The number of rotatable bonds is 5. The van der Waals surface area contributed by atoms with E-state index in [1.54, 1.807) is 12.1 Å². The first-order valence-electron chi connectivity index (χ1n) is 7.05. The molecule has 0 aliphatic rings. The molecule has 0 aromatic heterocycles. The molecule has 2 aromatic carbocycles. The van der Waals surface area contributed by atoms with E-state index in [2.05, 4.69) is 10.6 Å². The summed E-state index contributed by atoms with van der Waals surface area (Å²) in [5.41, 5.74) is 1.81. The molecular weight excluding hydrogens is 299 g/mol. The Hall–Kier alpha value is -2.14. The second kappa shape index (κ2) is 7.75. The maximum Gasteiger partial charge on any atom is 0.171 e. The van der Waals surface area contributed by atoms with Gasteiger partial charge in [0.15, 0.2) is 5.11 Å². The quantitative estimate of drug-likeness (QED) is 0.820. The molecule has 0 fully saturated rings. The van der Waals surface area contributed by atoms with E-state index in [4.69, 9.17) is 17.0 Å². The molecule has 0 amide bonds. The Morgan fingerprint density at radius 2 is 1.95 bits per heavy atom. The van der Waals surface area contributed by atoms with Crippen molar-refractivity contribution < 1.29 is 9.13 Å². The lowest BCUT2D eigenvalue weighted by Gasteiger charge is -2.17. The van der Waals surface area contributed by atoms with Crippen molar-refractivity contribution in [2.45, 2.75) is 19.9 Å². The van der Waals surface area contributed by atoms with Crippen molar-refractivity contribution in [3.05, 3.63) is 59.9 Å². The van der Waals surface area contributed by atoms with E-state index >= 15 is 0 Å². The summed E-state index contributed by atoms with van der Waals surface area (Å²) in [5, 5.41) is 6.48. The van der Waals surface area contributed by atoms with E-state index in [0.29, 0.717) is 17.4 Å². The van der Waals surface area contributed by atoms with Gasteiger partial charge >= 0.3 is 0 Å². The van der Waals surface area contributed by atoms with Crippen molar-refractivity contribution in [1.82, 2.24) is 5.32 Å². The van der Waals surface area contributed by atoms with Crippen LogP contribution in [0.25, 0.3) is 0 Å². The van der Waals surface area contributed by atoms with Gasteiger partial charge in [-0.15, -0.1) is 0 Å². The number of halogens is 1. The van der Waals surface area contributed by atoms with E-state index in [1.807, 2.05) is 38.1 Å². The Morgan fingerprint density at radius 1 is 1.23 bits per heavy atom. The van der Waals surface area contributed by atoms with Gasteiger partial charge in [-0.05, 0) is 56.4 Å². The minimum Gasteiger partial charge on any atom is -0.491 e. The van der Waals surface area contributed by atoms with Crippen LogP contribution >= 0.6 is 12.2 Å². The van der Waals surface area contributed by atoms with Crippen molar-refractivity contribution in [2.24, 2.45) is 0 Å². The fourth-order valence-corrected chi connectivity index (χ4v) is 2.17. The average Bonchev–Trinajstić information content (AvgIpc) is 2.46. The summed E-state index contributed by atoms with van der Waals surface area (Å²) < 4.78 is 18.8. The zero-order chi connectivity index (χ0) is 15.9. The smallest absolute Gasteiger partial charge is 0.171 e. The van der Waals surface area contributed by atoms with Crippen LogP contribution in [-0.2, 0) is 0 Å². The van der Waals surface area contributed by atoms with Gasteiger partial charge in [-0.25, -0.2) is 4.39 Å². The normalized spacial score (nSPS) is 11.6. The van der Waals surface area contributed by atoms with Crippen LogP contribution in [0.4, 0.5) is 10.1 Å². The van der Waals surface area contributed by atoms with Crippen molar-refractivity contribution in [1.29, 1.82) is 0 Å². The van der Waals surface area contributed by atoms with Crippen LogP contribution in [0.15, 0.2) is 48.5 Å². The Bertz CT molecular complexity index is 631. The first kappa shape index (κ1) is 16.2. The Balaban J connectivity index is 1.77. The molecule has 0 spiro atoms. The van der Waals surface area contributed by atoms with Gasteiger partial charge in [0.2, 0.25) is 0 Å². The molecule has 116 valence electrons. The number of nitrogens with one attached hydrogen (secondary N) is 2. The molecule has 5 heteroatoms. The van der Waals surface area contributed by atoms with Crippen LogP contribution in [0.1, 0.15) is 12.5 Å². The zero-order valence-corrected chi connectivity index (χ0v) is 13.4. The minimum absolute atomic E-state index is 0.0230. The molecule has 0 heterocycles. The van der Waals surface area contributed by atoms with E-state index in [9.17, 15) is 4.39 Å². The minimum atomic E-state index is -0.302. The predicted octanol–water partition coefficient (Wildman–Crippen LogP) is 3.89. The van der Waals surface area contributed by atoms with Crippen LogP contribution in [0.5, 0.6) is 5.75 Å². The topological polar surface area (TPSA) is 33.3 Å². The summed E-state index contributed by atoms with van der Waals surface area (Å²) in [7, 11) is 0. The van der Waals surface area contributed by atoms with E-state index < -0.39 is 0 Å². The zero-order valence-electron chi connectivity index (χ0n) is 12.6. The number of hydrogen-bond donors (Lipinski definition) is 2. The van der Waals surface area contributed by atoms with Crippen LogP contribution in [-0.4, -0.2) is 17.8 Å². The second-order valence-corrected chi connectivity index (χ2v) is 5.54. The fraction of sp³-hybridized carbons (Fsp3) is 0.235. The molecule has 0 saturated heterocycles. The highest BCUT2D eigenvalue weighted by molar-refractivity contribution is 7.80. The number of aryl methyl sites for hydroxylation is 1. The fourth-order valence-electron chi connectivity index (χ4n) is 1.85. The van der Waals surface area contributed by atoms with Crippen molar-refractivity contribution in [3.63, 3.8) is 0 Å². The highest BCUT2D eigenvalue weighted by Gasteiger charge is 2.06. The standard InChI is InChI=1S/C17H19FN2OS/c1-12-6-8-16(9-7-12)21-11-13(2)19-17(22)20-15-5-3-4-14(18)10-15/h3-10,13H,11H2,1-2H3,(H2,19,20,22). The van der Waals surface area contributed by atoms with Gasteiger partial charge in [0.05, 0.1) is 6.04 Å². The van der Waals surface area contributed by atoms with E-state index in [1.165, 1.54) is 17.7 Å². The maximum atomic E-state index is 13.1.